The van der Waals surface area contributed by atoms with Crippen LogP contribution in [0.4, 0.5) is 8.78 Å². The third kappa shape index (κ3) is 5.52. The second-order valence-corrected chi connectivity index (χ2v) is 7.83. The van der Waals surface area contributed by atoms with E-state index in [0.717, 1.165) is 12.4 Å². The summed E-state index contributed by atoms with van der Waals surface area (Å²) < 4.78 is 40.6. The van der Waals surface area contributed by atoms with Gasteiger partial charge in [-0.1, -0.05) is 41.5 Å². The van der Waals surface area contributed by atoms with Crippen molar-refractivity contribution in [2.75, 3.05) is 0 Å². The molecule has 4 nitrogen and oxygen atoms in total. The lowest BCUT2D eigenvalue weighted by molar-refractivity contribution is -0.0973. The fourth-order valence-corrected chi connectivity index (χ4v) is 2.11. The number of alkyl halides is 2. The van der Waals surface area contributed by atoms with Crippen LogP contribution in [0.25, 0.3) is 0 Å². The average Bonchev–Trinajstić information content (AvgIpc) is 3.04. The fraction of sp³-hybridized carbons (Fsp3) is 0.842. The molecular formula is C19H37BF2N2O2. The number of halogens is 2. The maximum absolute atomic E-state index is 13.6. The molecule has 1 aliphatic rings. The van der Waals surface area contributed by atoms with Gasteiger partial charge in [0.05, 0.1) is 17.7 Å². The highest BCUT2D eigenvalue weighted by Crippen LogP contribution is 2.38. The summed E-state index contributed by atoms with van der Waals surface area (Å²) in [6.07, 6.45) is 3.33. The third-order valence-electron chi connectivity index (χ3n) is 4.92. The van der Waals surface area contributed by atoms with E-state index in [1.54, 1.807) is 12.4 Å². The molecule has 1 aromatic rings. The van der Waals surface area contributed by atoms with Gasteiger partial charge in [-0.05, 0) is 34.6 Å². The van der Waals surface area contributed by atoms with Gasteiger partial charge in [-0.3, -0.25) is 4.68 Å². The number of hydrogen-bond acceptors (Lipinski definition) is 3. The first-order chi connectivity index (χ1) is 11.8. The second kappa shape index (κ2) is 8.83. The Morgan fingerprint density at radius 1 is 1.00 bits per heavy atom. The zero-order chi connectivity index (χ0) is 21.0. The zero-order valence-electron chi connectivity index (χ0n) is 18.4. The molecule has 0 bridgehead atoms. The quantitative estimate of drug-likeness (QED) is 0.702. The molecule has 0 radical (unpaired) electrons. The van der Waals surface area contributed by atoms with Crippen LogP contribution in [0.15, 0.2) is 12.4 Å². The summed E-state index contributed by atoms with van der Waals surface area (Å²) in [4.78, 5) is 0. The molecule has 2 rings (SSSR count). The maximum Gasteiger partial charge on any atom is 0.498 e. The van der Waals surface area contributed by atoms with E-state index in [1.807, 2.05) is 55.4 Å². The van der Waals surface area contributed by atoms with E-state index in [9.17, 15) is 8.78 Å². The highest BCUT2D eigenvalue weighted by molar-refractivity contribution is 6.61. The van der Waals surface area contributed by atoms with Crippen LogP contribution in [0.2, 0.25) is 0 Å². The number of rotatable bonds is 4. The van der Waals surface area contributed by atoms with Crippen LogP contribution in [0.5, 0.6) is 0 Å². The normalized spacial score (nSPS) is 18.6. The Morgan fingerprint density at radius 3 is 1.81 bits per heavy atom. The molecular weight excluding hydrogens is 337 g/mol. The summed E-state index contributed by atoms with van der Waals surface area (Å²) in [6.45, 7) is 20.0. The molecule has 0 N–H and O–H groups in total. The van der Waals surface area contributed by atoms with Crippen molar-refractivity contribution in [2.24, 2.45) is 5.41 Å². The summed E-state index contributed by atoms with van der Waals surface area (Å²) in [7, 11) is -0.524. The molecule has 7 heteroatoms. The van der Waals surface area contributed by atoms with E-state index in [0.29, 0.717) is 0 Å². The lowest BCUT2D eigenvalue weighted by Gasteiger charge is -2.32. The molecule has 1 fully saturated rings. The van der Waals surface area contributed by atoms with Gasteiger partial charge < -0.3 is 9.31 Å². The summed E-state index contributed by atoms with van der Waals surface area (Å²) >= 11 is 0. The van der Waals surface area contributed by atoms with Gasteiger partial charge in [0, 0.05) is 23.3 Å². The van der Waals surface area contributed by atoms with Crippen molar-refractivity contribution in [1.29, 1.82) is 0 Å². The molecule has 0 aromatic carbocycles. The predicted octanol–water partition coefficient (Wildman–Crippen LogP) is 4.92. The number of nitrogens with zero attached hydrogens (tertiary/aromatic N) is 2. The Morgan fingerprint density at radius 2 is 1.42 bits per heavy atom. The number of aromatic nitrogens is 2. The maximum atomic E-state index is 13.6. The SMILES string of the molecule is CC.CC.CC(F)(F)C(C)(C)Cn1cc(B2OC(C)(C)C(C)(C)O2)cn1. The lowest BCUT2D eigenvalue weighted by atomic mass is 9.82. The van der Waals surface area contributed by atoms with Gasteiger partial charge in [-0.2, -0.15) is 5.10 Å². The minimum Gasteiger partial charge on any atom is -0.399 e. The van der Waals surface area contributed by atoms with Crippen LogP contribution >= 0.6 is 0 Å². The van der Waals surface area contributed by atoms with Crippen LogP contribution in [0, 0.1) is 5.41 Å². The fourth-order valence-electron chi connectivity index (χ4n) is 2.11. The summed E-state index contributed by atoms with van der Waals surface area (Å²) in [5, 5.41) is 4.18. The molecule has 1 aliphatic heterocycles. The topological polar surface area (TPSA) is 36.3 Å². The Labute approximate surface area is 158 Å². The van der Waals surface area contributed by atoms with Gasteiger partial charge in [0.15, 0.2) is 0 Å². The highest BCUT2D eigenvalue weighted by atomic mass is 19.3. The molecule has 0 saturated carbocycles. The molecule has 1 aromatic heterocycles. The molecule has 0 atom stereocenters. The molecule has 0 aliphatic carbocycles. The van der Waals surface area contributed by atoms with Crippen LogP contribution in [0.3, 0.4) is 0 Å². The van der Waals surface area contributed by atoms with Gasteiger partial charge in [0.1, 0.15) is 0 Å². The smallest absolute Gasteiger partial charge is 0.399 e. The lowest BCUT2D eigenvalue weighted by Crippen LogP contribution is -2.41. The molecule has 0 unspecified atom stereocenters. The van der Waals surface area contributed by atoms with Crippen molar-refractivity contribution < 1.29 is 18.1 Å². The van der Waals surface area contributed by atoms with Crippen molar-refractivity contribution in [3.05, 3.63) is 12.4 Å². The first kappa shape index (κ1) is 25.1. The Kier molecular flexibility index (Phi) is 8.51. The average molecular weight is 374 g/mol. The minimum absolute atomic E-state index is 0.121. The summed E-state index contributed by atoms with van der Waals surface area (Å²) in [5.74, 6) is -2.79. The van der Waals surface area contributed by atoms with E-state index >= 15 is 0 Å². The van der Waals surface area contributed by atoms with Crippen molar-refractivity contribution in [3.63, 3.8) is 0 Å². The predicted molar refractivity (Wildman–Crippen MR) is 105 cm³/mol. The van der Waals surface area contributed by atoms with Crippen molar-refractivity contribution >= 4 is 12.6 Å². The molecule has 1 saturated heterocycles. The molecule has 2 heterocycles. The van der Waals surface area contributed by atoms with E-state index in [4.69, 9.17) is 9.31 Å². The molecule has 0 spiro atoms. The standard InChI is InChI=1S/C15H25BF2N2O2.2C2H6/c1-12(2,15(7,17)18)10-20-9-11(8-19-20)16-21-13(3,4)14(5,6)22-16;2*1-2/h8-9H,10H2,1-7H3;2*1-2H3. The van der Waals surface area contributed by atoms with Crippen LogP contribution in [0.1, 0.15) is 76.2 Å². The molecule has 152 valence electrons. The summed E-state index contributed by atoms with van der Waals surface area (Å²) in [6, 6.07) is 0. The van der Waals surface area contributed by atoms with Gasteiger partial charge in [0.2, 0.25) is 0 Å². The first-order valence-electron chi connectivity index (χ1n) is 9.51. The number of hydrogen-bond donors (Lipinski definition) is 0. The van der Waals surface area contributed by atoms with Gasteiger partial charge in [0.25, 0.3) is 5.92 Å². The Hall–Kier alpha value is -0.945. The van der Waals surface area contributed by atoms with Crippen molar-refractivity contribution in [3.8, 4) is 0 Å². The minimum atomic E-state index is -2.79. The van der Waals surface area contributed by atoms with E-state index in [2.05, 4.69) is 5.10 Å². The van der Waals surface area contributed by atoms with Crippen molar-refractivity contribution in [2.45, 2.75) is 99.8 Å². The largest absolute Gasteiger partial charge is 0.498 e. The van der Waals surface area contributed by atoms with Crippen LogP contribution < -0.4 is 5.46 Å². The van der Waals surface area contributed by atoms with Crippen LogP contribution in [-0.2, 0) is 15.9 Å². The third-order valence-corrected chi connectivity index (χ3v) is 4.92. The first-order valence-corrected chi connectivity index (χ1v) is 9.51. The zero-order valence-corrected chi connectivity index (χ0v) is 18.4. The molecule has 0 amide bonds. The van der Waals surface area contributed by atoms with E-state index in [-0.39, 0.29) is 6.54 Å². The van der Waals surface area contributed by atoms with Gasteiger partial charge >= 0.3 is 7.12 Å². The molecule has 26 heavy (non-hydrogen) atoms. The van der Waals surface area contributed by atoms with Crippen LogP contribution in [-0.4, -0.2) is 34.0 Å². The van der Waals surface area contributed by atoms with E-state index < -0.39 is 29.7 Å². The van der Waals surface area contributed by atoms with Gasteiger partial charge in [-0.25, -0.2) is 8.78 Å². The Balaban J connectivity index is 0.00000146. The van der Waals surface area contributed by atoms with E-state index in [1.165, 1.54) is 18.5 Å². The second-order valence-electron chi connectivity index (χ2n) is 7.83. The van der Waals surface area contributed by atoms with Crippen molar-refractivity contribution in [1.82, 2.24) is 9.78 Å². The van der Waals surface area contributed by atoms with Gasteiger partial charge in [-0.15, -0.1) is 0 Å². The summed E-state index contributed by atoms with van der Waals surface area (Å²) in [5.41, 5.74) is -1.31. The Bertz CT molecular complexity index is 536. The highest BCUT2D eigenvalue weighted by Gasteiger charge is 2.52. The monoisotopic (exact) mass is 374 g/mol.